The molecule has 11 heteroatoms. The van der Waals surface area contributed by atoms with Crippen molar-refractivity contribution in [3.8, 4) is 11.1 Å². The number of hydrogen-bond donors (Lipinski definition) is 5. The molecule has 0 saturated carbocycles. The number of carboxylic acids is 1. The Morgan fingerprint density at radius 1 is 1.19 bits per heavy atom. The maximum absolute atomic E-state index is 12.3. The second-order valence-electron chi connectivity index (χ2n) is 6.11. The van der Waals surface area contributed by atoms with E-state index in [1.54, 1.807) is 0 Å². The van der Waals surface area contributed by atoms with Crippen molar-refractivity contribution in [2.75, 3.05) is 13.1 Å². The zero-order chi connectivity index (χ0) is 19.8. The van der Waals surface area contributed by atoms with E-state index in [1.807, 2.05) is 0 Å². The molecular formula is C16H18N4O6S. The molecule has 10 nitrogen and oxygen atoms in total. The van der Waals surface area contributed by atoms with Gasteiger partial charge in [-0.25, -0.2) is 13.9 Å². The monoisotopic (exact) mass is 394 g/mol. The number of nitrogens with two attached hydrogens (primary N) is 1. The van der Waals surface area contributed by atoms with Gasteiger partial charge in [0.2, 0.25) is 0 Å². The lowest BCUT2D eigenvalue weighted by Gasteiger charge is -2.15. The first-order valence-corrected chi connectivity index (χ1v) is 9.47. The van der Waals surface area contributed by atoms with Crippen LogP contribution in [-0.2, 0) is 10.2 Å². The topological polar surface area (TPSA) is 164 Å². The maximum atomic E-state index is 12.3. The van der Waals surface area contributed by atoms with Gasteiger partial charge in [0.15, 0.2) is 5.69 Å². The molecule has 0 spiro atoms. The van der Waals surface area contributed by atoms with Gasteiger partial charge in [-0.2, -0.15) is 8.42 Å². The number of β-amino-alcohol motifs (C(OH)–C–C–N with tert-alkyl or cyclic N) is 1. The summed E-state index contributed by atoms with van der Waals surface area (Å²) in [5.41, 5.74) is 0.392. The van der Waals surface area contributed by atoms with Gasteiger partial charge < -0.3 is 20.8 Å². The number of carbonyl (C=O) groups is 2. The number of benzene rings is 1. The zero-order valence-electron chi connectivity index (χ0n) is 14.0. The number of aliphatic hydroxyl groups is 1. The van der Waals surface area contributed by atoms with Crippen molar-refractivity contribution < 1.29 is 28.2 Å². The predicted octanol–water partition coefficient (Wildman–Crippen LogP) is -1.03. The van der Waals surface area contributed by atoms with Gasteiger partial charge in [-0.15, -0.1) is 0 Å². The highest BCUT2D eigenvalue weighted by molar-refractivity contribution is 7.87. The van der Waals surface area contributed by atoms with Crippen LogP contribution in [0.2, 0.25) is 0 Å². The molecule has 1 aromatic heterocycles. The summed E-state index contributed by atoms with van der Waals surface area (Å²) in [6.45, 7) is 0.872. The number of carbonyl (C=O) groups excluding carboxylic acids is 1. The highest BCUT2D eigenvalue weighted by Gasteiger charge is 2.27. The van der Waals surface area contributed by atoms with Crippen LogP contribution in [0.25, 0.3) is 11.1 Å². The van der Waals surface area contributed by atoms with Crippen LogP contribution in [0.4, 0.5) is 0 Å². The maximum Gasteiger partial charge on any atom is 0.354 e. The minimum absolute atomic E-state index is 0.152. The van der Waals surface area contributed by atoms with E-state index in [1.165, 1.54) is 30.3 Å². The SMILES string of the molecule is NS(=O)(=O)n1ccc(-c2ccc(C(=O)NC3CNC[C@@H]3O)cc2)c1C(=O)O. The Hall–Kier alpha value is -2.73. The molecule has 1 amide bonds. The summed E-state index contributed by atoms with van der Waals surface area (Å²) in [6.07, 6.45) is 0.396. The molecule has 27 heavy (non-hydrogen) atoms. The van der Waals surface area contributed by atoms with Crippen LogP contribution in [0.5, 0.6) is 0 Å². The van der Waals surface area contributed by atoms with E-state index in [-0.39, 0.29) is 17.5 Å². The molecule has 0 bridgehead atoms. The molecule has 0 aliphatic carbocycles. The van der Waals surface area contributed by atoms with Gasteiger partial charge in [0, 0.05) is 30.4 Å². The van der Waals surface area contributed by atoms with Gasteiger partial charge in [-0.05, 0) is 23.8 Å². The second kappa shape index (κ2) is 7.12. The molecule has 1 saturated heterocycles. The summed E-state index contributed by atoms with van der Waals surface area (Å²) < 4.78 is 23.6. The van der Waals surface area contributed by atoms with E-state index in [0.717, 1.165) is 6.20 Å². The number of carboxylic acid groups (broad SMARTS) is 1. The molecule has 2 aromatic rings. The van der Waals surface area contributed by atoms with E-state index >= 15 is 0 Å². The smallest absolute Gasteiger partial charge is 0.354 e. The Bertz CT molecular complexity index is 983. The quantitative estimate of drug-likeness (QED) is 0.432. The predicted molar refractivity (Wildman–Crippen MR) is 95.5 cm³/mol. The normalized spacial score (nSPS) is 19.8. The fourth-order valence-electron chi connectivity index (χ4n) is 2.93. The van der Waals surface area contributed by atoms with Crippen LogP contribution in [0.3, 0.4) is 0 Å². The third-order valence-corrected chi connectivity index (χ3v) is 5.14. The van der Waals surface area contributed by atoms with Gasteiger partial charge >= 0.3 is 16.2 Å². The summed E-state index contributed by atoms with van der Waals surface area (Å²) >= 11 is 0. The van der Waals surface area contributed by atoms with Gasteiger partial charge in [-0.3, -0.25) is 4.79 Å². The van der Waals surface area contributed by atoms with Crippen molar-refractivity contribution in [1.82, 2.24) is 14.6 Å². The lowest BCUT2D eigenvalue weighted by atomic mass is 10.0. The lowest BCUT2D eigenvalue weighted by molar-refractivity contribution is 0.0689. The highest BCUT2D eigenvalue weighted by atomic mass is 32.2. The minimum Gasteiger partial charge on any atom is -0.477 e. The van der Waals surface area contributed by atoms with Crippen molar-refractivity contribution in [3.05, 3.63) is 47.8 Å². The van der Waals surface area contributed by atoms with Crippen LogP contribution in [0.15, 0.2) is 36.5 Å². The van der Waals surface area contributed by atoms with Crippen LogP contribution in [0, 0.1) is 0 Å². The molecule has 2 heterocycles. The van der Waals surface area contributed by atoms with E-state index < -0.39 is 28.0 Å². The summed E-state index contributed by atoms with van der Waals surface area (Å²) in [5, 5.41) is 29.8. The fourth-order valence-corrected chi connectivity index (χ4v) is 3.60. The summed E-state index contributed by atoms with van der Waals surface area (Å²) in [4.78, 5) is 23.7. The largest absolute Gasteiger partial charge is 0.477 e. The minimum atomic E-state index is -4.26. The van der Waals surface area contributed by atoms with Crippen molar-refractivity contribution in [3.63, 3.8) is 0 Å². The third kappa shape index (κ3) is 3.85. The zero-order valence-corrected chi connectivity index (χ0v) is 14.8. The number of aromatic nitrogens is 1. The number of aliphatic hydroxyl groups excluding tert-OH is 1. The average Bonchev–Trinajstić information content (AvgIpc) is 3.21. The first-order valence-electron chi connectivity index (χ1n) is 7.96. The number of hydrogen-bond acceptors (Lipinski definition) is 6. The number of nitrogens with one attached hydrogen (secondary N) is 2. The van der Waals surface area contributed by atoms with Gasteiger partial charge in [0.25, 0.3) is 5.91 Å². The second-order valence-corrected chi connectivity index (χ2v) is 7.53. The van der Waals surface area contributed by atoms with Crippen molar-refractivity contribution in [2.45, 2.75) is 12.1 Å². The highest BCUT2D eigenvalue weighted by Crippen LogP contribution is 2.26. The summed E-state index contributed by atoms with van der Waals surface area (Å²) in [6, 6.07) is 6.92. The molecule has 1 aliphatic heterocycles. The molecule has 3 rings (SSSR count). The molecule has 1 aliphatic rings. The Kier molecular flexibility index (Phi) is 5.02. The van der Waals surface area contributed by atoms with Gasteiger partial charge in [0.05, 0.1) is 12.1 Å². The average molecular weight is 394 g/mol. The van der Waals surface area contributed by atoms with Crippen molar-refractivity contribution >= 4 is 22.1 Å². The first kappa shape index (κ1) is 19.0. The van der Waals surface area contributed by atoms with Crippen molar-refractivity contribution in [2.24, 2.45) is 5.14 Å². The van der Waals surface area contributed by atoms with E-state index in [4.69, 9.17) is 5.14 Å². The first-order chi connectivity index (χ1) is 12.7. The Morgan fingerprint density at radius 3 is 2.37 bits per heavy atom. The van der Waals surface area contributed by atoms with Crippen LogP contribution in [-0.4, -0.2) is 59.7 Å². The summed E-state index contributed by atoms with van der Waals surface area (Å²) in [7, 11) is -4.26. The van der Waals surface area contributed by atoms with E-state index in [0.29, 0.717) is 28.2 Å². The van der Waals surface area contributed by atoms with E-state index in [9.17, 15) is 28.2 Å². The van der Waals surface area contributed by atoms with Gasteiger partial charge in [-0.1, -0.05) is 12.1 Å². The number of rotatable bonds is 5. The summed E-state index contributed by atoms with van der Waals surface area (Å²) in [5.74, 6) is -1.83. The lowest BCUT2D eigenvalue weighted by Crippen LogP contribution is -2.42. The fraction of sp³-hybridized carbons (Fsp3) is 0.250. The molecule has 6 N–H and O–H groups in total. The number of aromatic carboxylic acids is 1. The molecule has 1 aromatic carbocycles. The molecule has 1 fully saturated rings. The standard InChI is InChI=1S/C16H18N4O6S/c17-27(25,26)20-6-5-11(14(20)16(23)24)9-1-3-10(4-2-9)15(22)19-12-7-18-8-13(12)21/h1-6,12-13,18,21H,7-8H2,(H,19,22)(H,23,24)(H2,17,25,26)/t12?,13-/m0/s1. The Morgan fingerprint density at radius 2 is 1.85 bits per heavy atom. The molecule has 0 radical (unpaired) electrons. The Labute approximate surface area is 154 Å². The third-order valence-electron chi connectivity index (χ3n) is 4.29. The van der Waals surface area contributed by atoms with Crippen LogP contribution >= 0.6 is 0 Å². The number of nitrogens with zero attached hydrogens (tertiary/aromatic N) is 1. The van der Waals surface area contributed by atoms with Crippen LogP contribution < -0.4 is 15.8 Å². The van der Waals surface area contributed by atoms with Crippen molar-refractivity contribution in [1.29, 1.82) is 0 Å². The molecule has 2 atom stereocenters. The molecule has 144 valence electrons. The molecule has 1 unspecified atom stereocenters. The molecular weight excluding hydrogens is 376 g/mol. The Balaban J connectivity index is 1.87. The van der Waals surface area contributed by atoms with Gasteiger partial charge in [0.1, 0.15) is 0 Å². The van der Waals surface area contributed by atoms with Crippen LogP contribution in [0.1, 0.15) is 20.8 Å². The van der Waals surface area contributed by atoms with E-state index in [2.05, 4.69) is 10.6 Å². The number of amides is 1.